The standard InChI is InChI=1S/C10H9NO4/c12-9(13)2-1-7-5-8-10(11-6-7)15-4-3-14-8/h1-2,5-6H,3-4H2,(H,12,13)/b2-1+. The lowest BCUT2D eigenvalue weighted by Crippen LogP contribution is -2.16. The van der Waals surface area contributed by atoms with E-state index in [9.17, 15) is 4.79 Å². The molecule has 78 valence electrons. The summed E-state index contributed by atoms with van der Waals surface area (Å²) in [6.45, 7) is 0.977. The summed E-state index contributed by atoms with van der Waals surface area (Å²) in [6, 6.07) is 1.70. The molecule has 5 heteroatoms. The van der Waals surface area contributed by atoms with Crippen molar-refractivity contribution >= 4 is 12.0 Å². The van der Waals surface area contributed by atoms with Crippen LogP contribution in [0.2, 0.25) is 0 Å². The van der Waals surface area contributed by atoms with E-state index in [0.717, 1.165) is 6.08 Å². The van der Waals surface area contributed by atoms with Gasteiger partial charge in [-0.3, -0.25) is 0 Å². The van der Waals surface area contributed by atoms with E-state index >= 15 is 0 Å². The Labute approximate surface area is 86.0 Å². The van der Waals surface area contributed by atoms with Crippen molar-refractivity contribution in [3.63, 3.8) is 0 Å². The van der Waals surface area contributed by atoms with Gasteiger partial charge in [0, 0.05) is 12.3 Å². The molecule has 1 N–H and O–H groups in total. The summed E-state index contributed by atoms with van der Waals surface area (Å²) in [5, 5.41) is 8.45. The maximum absolute atomic E-state index is 10.3. The molecule has 2 heterocycles. The Bertz CT molecular complexity index is 414. The number of carboxylic acids is 1. The number of aliphatic carboxylic acids is 1. The van der Waals surface area contributed by atoms with E-state index in [1.807, 2.05) is 0 Å². The fraction of sp³-hybridized carbons (Fsp3) is 0.200. The number of aromatic nitrogens is 1. The lowest BCUT2D eigenvalue weighted by molar-refractivity contribution is -0.131. The lowest BCUT2D eigenvalue weighted by atomic mass is 10.2. The molecule has 0 spiro atoms. The average molecular weight is 207 g/mol. The van der Waals surface area contributed by atoms with Crippen molar-refractivity contribution in [3.8, 4) is 11.6 Å². The fourth-order valence-electron chi connectivity index (χ4n) is 1.21. The molecule has 1 aromatic rings. The van der Waals surface area contributed by atoms with Crippen molar-refractivity contribution < 1.29 is 19.4 Å². The van der Waals surface area contributed by atoms with Gasteiger partial charge in [0.25, 0.3) is 5.88 Å². The quantitative estimate of drug-likeness (QED) is 0.731. The number of nitrogens with zero attached hydrogens (tertiary/aromatic N) is 1. The molecule has 15 heavy (non-hydrogen) atoms. The third kappa shape index (κ3) is 2.25. The van der Waals surface area contributed by atoms with Crippen LogP contribution in [-0.2, 0) is 4.79 Å². The van der Waals surface area contributed by atoms with Gasteiger partial charge in [-0.1, -0.05) is 0 Å². The van der Waals surface area contributed by atoms with Gasteiger partial charge in [-0.25, -0.2) is 9.78 Å². The second kappa shape index (κ2) is 4.00. The largest absolute Gasteiger partial charge is 0.484 e. The zero-order valence-corrected chi connectivity index (χ0v) is 7.84. The number of carboxylic acid groups (broad SMARTS) is 1. The molecule has 1 aliphatic rings. The van der Waals surface area contributed by atoms with Gasteiger partial charge in [0.1, 0.15) is 13.2 Å². The van der Waals surface area contributed by atoms with Crippen LogP contribution in [0.15, 0.2) is 18.3 Å². The van der Waals surface area contributed by atoms with Crippen LogP contribution < -0.4 is 9.47 Å². The van der Waals surface area contributed by atoms with Gasteiger partial charge in [-0.05, 0) is 17.7 Å². The van der Waals surface area contributed by atoms with Crippen molar-refractivity contribution in [2.24, 2.45) is 0 Å². The molecule has 0 fully saturated rings. The second-order valence-electron chi connectivity index (χ2n) is 2.94. The molecule has 0 radical (unpaired) electrons. The van der Waals surface area contributed by atoms with E-state index in [2.05, 4.69) is 4.98 Å². The maximum atomic E-state index is 10.3. The monoisotopic (exact) mass is 207 g/mol. The van der Waals surface area contributed by atoms with E-state index < -0.39 is 5.97 Å². The summed E-state index contributed by atoms with van der Waals surface area (Å²) in [6.07, 6.45) is 4.04. The predicted octanol–water partition coefficient (Wildman–Crippen LogP) is 0.951. The van der Waals surface area contributed by atoms with Crippen molar-refractivity contribution in [1.82, 2.24) is 4.98 Å². The van der Waals surface area contributed by atoms with E-state index in [0.29, 0.717) is 30.4 Å². The molecule has 0 amide bonds. The van der Waals surface area contributed by atoms with Crippen molar-refractivity contribution in [2.45, 2.75) is 0 Å². The Morgan fingerprint density at radius 1 is 1.47 bits per heavy atom. The third-order valence-electron chi connectivity index (χ3n) is 1.84. The van der Waals surface area contributed by atoms with Crippen LogP contribution in [0.1, 0.15) is 5.56 Å². The highest BCUT2D eigenvalue weighted by molar-refractivity contribution is 5.85. The van der Waals surface area contributed by atoms with Crippen LogP contribution in [0.5, 0.6) is 11.6 Å². The third-order valence-corrected chi connectivity index (χ3v) is 1.84. The number of ether oxygens (including phenoxy) is 2. The van der Waals surface area contributed by atoms with Gasteiger partial charge in [0.15, 0.2) is 5.75 Å². The Kier molecular flexibility index (Phi) is 2.53. The van der Waals surface area contributed by atoms with Gasteiger partial charge in [0.05, 0.1) is 0 Å². The first-order valence-corrected chi connectivity index (χ1v) is 4.42. The topological polar surface area (TPSA) is 68.7 Å². The minimum Gasteiger partial charge on any atom is -0.484 e. The Morgan fingerprint density at radius 3 is 3.07 bits per heavy atom. The van der Waals surface area contributed by atoms with E-state index in [-0.39, 0.29) is 0 Å². The summed E-state index contributed by atoms with van der Waals surface area (Å²) in [5.74, 6) is 0.00685. The molecule has 0 bridgehead atoms. The van der Waals surface area contributed by atoms with Crippen molar-refractivity contribution in [2.75, 3.05) is 13.2 Å². The fourth-order valence-corrected chi connectivity index (χ4v) is 1.21. The minimum absolute atomic E-state index is 0.453. The molecule has 0 aliphatic carbocycles. The number of hydrogen-bond acceptors (Lipinski definition) is 4. The maximum Gasteiger partial charge on any atom is 0.328 e. The first-order valence-electron chi connectivity index (χ1n) is 4.42. The zero-order chi connectivity index (χ0) is 10.7. The highest BCUT2D eigenvalue weighted by atomic mass is 16.6. The number of fused-ring (bicyclic) bond motifs is 1. The van der Waals surface area contributed by atoms with Gasteiger partial charge in [0.2, 0.25) is 0 Å². The highest BCUT2D eigenvalue weighted by Gasteiger charge is 2.12. The van der Waals surface area contributed by atoms with Crippen LogP contribution in [0, 0.1) is 0 Å². The Balaban J connectivity index is 2.24. The molecular formula is C10H9NO4. The van der Waals surface area contributed by atoms with Crippen LogP contribution >= 0.6 is 0 Å². The molecule has 2 rings (SSSR count). The number of carbonyl (C=O) groups is 1. The van der Waals surface area contributed by atoms with E-state index in [4.69, 9.17) is 14.6 Å². The van der Waals surface area contributed by atoms with Crippen molar-refractivity contribution in [1.29, 1.82) is 0 Å². The van der Waals surface area contributed by atoms with Gasteiger partial charge >= 0.3 is 5.97 Å². The molecule has 0 saturated heterocycles. The zero-order valence-electron chi connectivity index (χ0n) is 7.84. The van der Waals surface area contributed by atoms with Crippen LogP contribution in [0.25, 0.3) is 6.08 Å². The second-order valence-corrected chi connectivity index (χ2v) is 2.94. The molecule has 1 aliphatic heterocycles. The summed E-state index contributed by atoms with van der Waals surface area (Å²) in [4.78, 5) is 14.3. The summed E-state index contributed by atoms with van der Waals surface area (Å²) >= 11 is 0. The molecule has 1 aromatic heterocycles. The Morgan fingerprint density at radius 2 is 2.27 bits per heavy atom. The molecule has 0 atom stereocenters. The minimum atomic E-state index is -0.995. The van der Waals surface area contributed by atoms with Crippen LogP contribution in [0.4, 0.5) is 0 Å². The van der Waals surface area contributed by atoms with Crippen LogP contribution in [0.3, 0.4) is 0 Å². The first-order chi connectivity index (χ1) is 7.25. The first kappa shape index (κ1) is 9.51. The number of hydrogen-bond donors (Lipinski definition) is 1. The van der Waals surface area contributed by atoms with Crippen LogP contribution in [-0.4, -0.2) is 29.3 Å². The van der Waals surface area contributed by atoms with Crippen molar-refractivity contribution in [3.05, 3.63) is 23.9 Å². The molecule has 0 aromatic carbocycles. The molecule has 0 saturated carbocycles. The number of pyridine rings is 1. The smallest absolute Gasteiger partial charge is 0.328 e. The molecular weight excluding hydrogens is 198 g/mol. The van der Waals surface area contributed by atoms with Gasteiger partial charge in [-0.2, -0.15) is 0 Å². The summed E-state index contributed by atoms with van der Waals surface area (Å²) in [7, 11) is 0. The summed E-state index contributed by atoms with van der Waals surface area (Å²) < 4.78 is 10.5. The Hall–Kier alpha value is -2.04. The van der Waals surface area contributed by atoms with E-state index in [1.54, 1.807) is 6.07 Å². The van der Waals surface area contributed by atoms with Gasteiger partial charge < -0.3 is 14.6 Å². The lowest BCUT2D eigenvalue weighted by Gasteiger charge is -2.16. The predicted molar refractivity (Wildman–Crippen MR) is 51.9 cm³/mol. The molecule has 0 unspecified atom stereocenters. The summed E-state index contributed by atoms with van der Waals surface area (Å²) in [5.41, 5.74) is 0.668. The normalized spacial score (nSPS) is 14.1. The SMILES string of the molecule is O=C(O)/C=C/c1cnc2c(c1)OCCO2. The number of rotatable bonds is 2. The molecule has 5 nitrogen and oxygen atoms in total. The highest BCUT2D eigenvalue weighted by Crippen LogP contribution is 2.28. The van der Waals surface area contributed by atoms with Gasteiger partial charge in [-0.15, -0.1) is 0 Å². The van der Waals surface area contributed by atoms with E-state index in [1.165, 1.54) is 12.3 Å². The average Bonchev–Trinajstić information content (AvgIpc) is 2.26.